The summed E-state index contributed by atoms with van der Waals surface area (Å²) in [5.41, 5.74) is 0.0782. The second kappa shape index (κ2) is 6.62. The Balaban J connectivity index is 5.01. The number of ether oxygens (including phenoxy) is 2. The van der Waals surface area contributed by atoms with Gasteiger partial charge in [-0.1, -0.05) is 13.5 Å². The highest BCUT2D eigenvalue weighted by Gasteiger charge is 2.22. The average Bonchev–Trinajstić information content (AvgIpc) is 2.32. The molecule has 0 N–H and O–H groups in total. The first-order valence-corrected chi connectivity index (χ1v) is 4.92. The van der Waals surface area contributed by atoms with Gasteiger partial charge in [0.25, 0.3) is 0 Å². The summed E-state index contributed by atoms with van der Waals surface area (Å²) in [5, 5.41) is 0. The number of Topliss-reactive ketones (excluding diaryl/α,β-unsaturated/α-hetero) is 2. The molecule has 1 unspecified atom stereocenters. The number of carbonyl (C=O) groups is 3. The fourth-order valence-corrected chi connectivity index (χ4v) is 0.983. The monoisotopic (exact) mass is 240 g/mol. The van der Waals surface area contributed by atoms with Gasteiger partial charge < -0.3 is 9.47 Å². The van der Waals surface area contributed by atoms with Crippen LogP contribution in [-0.2, 0) is 23.9 Å². The van der Waals surface area contributed by atoms with E-state index in [2.05, 4.69) is 11.3 Å². The lowest BCUT2D eigenvalue weighted by molar-refractivity contribution is -0.135. The lowest BCUT2D eigenvalue weighted by Gasteiger charge is -2.11. The summed E-state index contributed by atoms with van der Waals surface area (Å²) in [6.07, 6.45) is 0.917. The smallest absolute Gasteiger partial charge is 0.334 e. The summed E-state index contributed by atoms with van der Waals surface area (Å²) in [4.78, 5) is 33.9. The van der Waals surface area contributed by atoms with E-state index in [1.807, 2.05) is 0 Å². The zero-order valence-corrected chi connectivity index (χ0v) is 10.4. The van der Waals surface area contributed by atoms with Crippen LogP contribution in [-0.4, -0.2) is 31.8 Å². The van der Waals surface area contributed by atoms with Gasteiger partial charge in [-0.15, -0.1) is 0 Å². The molecule has 0 aliphatic heterocycles. The topological polar surface area (TPSA) is 69.7 Å². The molecule has 0 rings (SSSR count). The highest BCUT2D eigenvalue weighted by atomic mass is 16.5. The molecule has 0 heterocycles. The molecular formula is C12H16O5. The molecule has 0 saturated carbocycles. The van der Waals surface area contributed by atoms with Crippen LogP contribution in [0.1, 0.15) is 13.8 Å². The maximum atomic E-state index is 11.8. The van der Waals surface area contributed by atoms with Gasteiger partial charge in [-0.3, -0.25) is 9.59 Å². The standard InChI is InChI=1S/C12H16O5/c1-7(9(3)13)8(2)12(15)10(16-4)6-11(14)17-5/h6-7H,2H2,1,3-5H3/b10-6+. The molecule has 0 bridgehead atoms. The van der Waals surface area contributed by atoms with Crippen LogP contribution < -0.4 is 0 Å². The van der Waals surface area contributed by atoms with E-state index in [1.165, 1.54) is 21.1 Å². The third kappa shape index (κ3) is 4.22. The van der Waals surface area contributed by atoms with Crippen LogP contribution in [0.2, 0.25) is 0 Å². The summed E-state index contributed by atoms with van der Waals surface area (Å²) in [5.74, 6) is -2.29. The van der Waals surface area contributed by atoms with Crippen molar-refractivity contribution < 1.29 is 23.9 Å². The Morgan fingerprint density at radius 1 is 1.18 bits per heavy atom. The minimum absolute atomic E-state index is 0.0782. The molecule has 0 aromatic heterocycles. The van der Waals surface area contributed by atoms with Gasteiger partial charge in [0.2, 0.25) is 5.78 Å². The minimum Gasteiger partial charge on any atom is -0.492 e. The lowest BCUT2D eigenvalue weighted by Crippen LogP contribution is -2.19. The van der Waals surface area contributed by atoms with Gasteiger partial charge in [0, 0.05) is 11.5 Å². The van der Waals surface area contributed by atoms with Crippen molar-refractivity contribution in [3.63, 3.8) is 0 Å². The van der Waals surface area contributed by atoms with Crippen LogP contribution in [0.25, 0.3) is 0 Å². The summed E-state index contributed by atoms with van der Waals surface area (Å²) in [6, 6.07) is 0. The predicted molar refractivity (Wildman–Crippen MR) is 61.1 cm³/mol. The van der Waals surface area contributed by atoms with E-state index in [0.717, 1.165) is 6.08 Å². The molecule has 0 spiro atoms. The zero-order valence-electron chi connectivity index (χ0n) is 10.4. The van der Waals surface area contributed by atoms with Crippen molar-refractivity contribution in [1.29, 1.82) is 0 Å². The third-order valence-electron chi connectivity index (χ3n) is 2.32. The second-order valence-corrected chi connectivity index (χ2v) is 3.42. The molecule has 0 aliphatic carbocycles. The van der Waals surface area contributed by atoms with Crippen molar-refractivity contribution >= 4 is 17.5 Å². The van der Waals surface area contributed by atoms with Crippen LogP contribution in [0.15, 0.2) is 24.0 Å². The highest BCUT2D eigenvalue weighted by Crippen LogP contribution is 2.15. The molecule has 5 heteroatoms. The van der Waals surface area contributed by atoms with Gasteiger partial charge in [-0.25, -0.2) is 4.79 Å². The van der Waals surface area contributed by atoms with Crippen molar-refractivity contribution in [2.75, 3.05) is 14.2 Å². The van der Waals surface area contributed by atoms with E-state index in [0.29, 0.717) is 0 Å². The predicted octanol–water partition coefficient (Wildman–Crippen LogP) is 1.04. The molecule has 0 aliphatic rings. The van der Waals surface area contributed by atoms with E-state index in [-0.39, 0.29) is 17.1 Å². The summed E-state index contributed by atoms with van der Waals surface area (Å²) < 4.78 is 9.15. The highest BCUT2D eigenvalue weighted by molar-refractivity contribution is 6.11. The Bertz CT molecular complexity index is 378. The van der Waals surface area contributed by atoms with E-state index in [9.17, 15) is 14.4 Å². The molecule has 0 aromatic carbocycles. The van der Waals surface area contributed by atoms with Crippen LogP contribution in [0.3, 0.4) is 0 Å². The fraction of sp³-hybridized carbons (Fsp3) is 0.417. The Labute approximate surface area is 100 Å². The van der Waals surface area contributed by atoms with Gasteiger partial charge in [-0.2, -0.15) is 0 Å². The Morgan fingerprint density at radius 2 is 1.71 bits per heavy atom. The van der Waals surface area contributed by atoms with Gasteiger partial charge in [-0.05, 0) is 6.92 Å². The molecule has 5 nitrogen and oxygen atoms in total. The molecule has 94 valence electrons. The van der Waals surface area contributed by atoms with Crippen LogP contribution in [0.5, 0.6) is 0 Å². The van der Waals surface area contributed by atoms with Crippen molar-refractivity contribution in [3.05, 3.63) is 24.0 Å². The van der Waals surface area contributed by atoms with Crippen LogP contribution in [0, 0.1) is 5.92 Å². The first kappa shape index (κ1) is 15.1. The van der Waals surface area contributed by atoms with Gasteiger partial charge in [0.15, 0.2) is 5.76 Å². The Hall–Kier alpha value is -1.91. The van der Waals surface area contributed by atoms with Crippen molar-refractivity contribution in [2.24, 2.45) is 5.92 Å². The van der Waals surface area contributed by atoms with Crippen molar-refractivity contribution in [1.82, 2.24) is 0 Å². The normalized spacial score (nSPS) is 12.6. The average molecular weight is 240 g/mol. The van der Waals surface area contributed by atoms with E-state index in [4.69, 9.17) is 4.74 Å². The first-order chi connectivity index (χ1) is 7.84. The number of ketones is 2. The molecule has 0 amide bonds. The zero-order chi connectivity index (χ0) is 13.6. The minimum atomic E-state index is -0.710. The van der Waals surface area contributed by atoms with E-state index < -0.39 is 17.7 Å². The van der Waals surface area contributed by atoms with Gasteiger partial charge in [0.1, 0.15) is 5.78 Å². The Kier molecular flexibility index (Phi) is 5.88. The summed E-state index contributed by atoms with van der Waals surface area (Å²) >= 11 is 0. The van der Waals surface area contributed by atoms with Crippen LogP contribution >= 0.6 is 0 Å². The molecule has 0 fully saturated rings. The maximum Gasteiger partial charge on any atom is 0.334 e. The summed E-state index contributed by atoms with van der Waals surface area (Å²) in [6.45, 7) is 6.46. The fourth-order valence-electron chi connectivity index (χ4n) is 0.983. The number of esters is 1. The number of carbonyl (C=O) groups excluding carboxylic acids is 3. The third-order valence-corrected chi connectivity index (χ3v) is 2.32. The maximum absolute atomic E-state index is 11.8. The number of rotatable bonds is 6. The number of hydrogen-bond acceptors (Lipinski definition) is 5. The number of hydrogen-bond donors (Lipinski definition) is 0. The van der Waals surface area contributed by atoms with Gasteiger partial charge >= 0.3 is 5.97 Å². The van der Waals surface area contributed by atoms with Crippen LogP contribution in [0.4, 0.5) is 0 Å². The Morgan fingerprint density at radius 3 is 2.06 bits per heavy atom. The largest absolute Gasteiger partial charge is 0.492 e. The van der Waals surface area contributed by atoms with Gasteiger partial charge in [0.05, 0.1) is 20.3 Å². The second-order valence-electron chi connectivity index (χ2n) is 3.42. The molecule has 0 saturated heterocycles. The number of methoxy groups -OCH3 is 2. The first-order valence-electron chi connectivity index (χ1n) is 4.92. The van der Waals surface area contributed by atoms with Crippen molar-refractivity contribution in [2.45, 2.75) is 13.8 Å². The molecular weight excluding hydrogens is 224 g/mol. The molecule has 0 radical (unpaired) electrons. The molecule has 17 heavy (non-hydrogen) atoms. The SMILES string of the molecule is C=C(C(=O)/C(=C\C(=O)OC)OC)C(C)C(C)=O. The molecule has 0 aromatic rings. The lowest BCUT2D eigenvalue weighted by atomic mass is 9.94. The number of allylic oxidation sites excluding steroid dienone is 1. The summed E-state index contributed by atoms with van der Waals surface area (Å²) in [7, 11) is 2.43. The molecule has 1 atom stereocenters. The van der Waals surface area contributed by atoms with Crippen molar-refractivity contribution in [3.8, 4) is 0 Å². The van der Waals surface area contributed by atoms with E-state index in [1.54, 1.807) is 6.92 Å². The quantitative estimate of drug-likeness (QED) is 0.394. The van der Waals surface area contributed by atoms with E-state index >= 15 is 0 Å².